The minimum absolute atomic E-state index is 0. The van der Waals surface area contributed by atoms with Crippen LogP contribution in [0.3, 0.4) is 0 Å². The molecule has 24 heavy (non-hydrogen) atoms. The van der Waals surface area contributed by atoms with Crippen LogP contribution in [0.5, 0.6) is 0 Å². The number of halogens is 1. The number of nitrogens with zero attached hydrogens (tertiary/aromatic N) is 1. The normalized spacial score (nSPS) is 16.2. The van der Waals surface area contributed by atoms with E-state index in [1.165, 1.54) is 60.9 Å². The molecular formula is C21H25ClN2. The van der Waals surface area contributed by atoms with Crippen molar-refractivity contribution >= 4 is 23.3 Å². The highest BCUT2D eigenvalue weighted by Gasteiger charge is 2.22. The molecule has 0 atom stereocenters. The number of likely N-dealkylation sites (tertiary alicyclic amines) is 1. The highest BCUT2D eigenvalue weighted by Crippen LogP contribution is 2.33. The summed E-state index contributed by atoms with van der Waals surface area (Å²) in [5.41, 5.74) is 4.24. The van der Waals surface area contributed by atoms with Gasteiger partial charge in [-0.2, -0.15) is 0 Å². The summed E-state index contributed by atoms with van der Waals surface area (Å²) in [6.07, 6.45) is 5.95. The summed E-state index contributed by atoms with van der Waals surface area (Å²) >= 11 is 0. The van der Waals surface area contributed by atoms with Crippen molar-refractivity contribution in [1.29, 1.82) is 0 Å². The molecule has 4 rings (SSSR count). The highest BCUT2D eigenvalue weighted by molar-refractivity contribution is 5.85. The van der Waals surface area contributed by atoms with Crippen LogP contribution in [0.25, 0.3) is 10.9 Å². The van der Waals surface area contributed by atoms with Gasteiger partial charge in [-0.3, -0.25) is 0 Å². The Hall–Kier alpha value is -1.77. The van der Waals surface area contributed by atoms with E-state index in [1.54, 1.807) is 0 Å². The molecule has 1 aliphatic heterocycles. The lowest BCUT2D eigenvalue weighted by atomic mass is 9.89. The quantitative estimate of drug-likeness (QED) is 0.707. The lowest BCUT2D eigenvalue weighted by molar-refractivity contribution is 0.215. The number of nitrogens with one attached hydrogen (secondary N) is 1. The first kappa shape index (κ1) is 17.1. The van der Waals surface area contributed by atoms with E-state index >= 15 is 0 Å². The maximum atomic E-state index is 3.43. The third-order valence-electron chi connectivity index (χ3n) is 5.21. The third kappa shape index (κ3) is 3.66. The number of aromatic nitrogens is 1. The van der Waals surface area contributed by atoms with Crippen LogP contribution < -0.4 is 0 Å². The Bertz CT molecular complexity index is 758. The maximum absolute atomic E-state index is 3.43. The fourth-order valence-corrected chi connectivity index (χ4v) is 3.83. The molecule has 1 N–H and O–H groups in total. The van der Waals surface area contributed by atoms with Crippen LogP contribution in [-0.4, -0.2) is 29.5 Å². The van der Waals surface area contributed by atoms with E-state index in [4.69, 9.17) is 0 Å². The summed E-state index contributed by atoms with van der Waals surface area (Å²) in [7, 11) is 0. The van der Waals surface area contributed by atoms with Gasteiger partial charge in [-0.25, -0.2) is 0 Å². The fraction of sp³-hybridized carbons (Fsp3) is 0.333. The van der Waals surface area contributed by atoms with Crippen LogP contribution in [-0.2, 0) is 6.42 Å². The van der Waals surface area contributed by atoms with Gasteiger partial charge in [-0.1, -0.05) is 48.5 Å². The average Bonchev–Trinajstić information content (AvgIpc) is 3.05. The van der Waals surface area contributed by atoms with Crippen molar-refractivity contribution in [2.45, 2.75) is 25.2 Å². The predicted octanol–water partition coefficient (Wildman–Crippen LogP) is 5.01. The molecule has 0 amide bonds. The summed E-state index contributed by atoms with van der Waals surface area (Å²) in [6.45, 7) is 3.62. The lowest BCUT2D eigenvalue weighted by Crippen LogP contribution is -2.34. The van der Waals surface area contributed by atoms with Crippen molar-refractivity contribution in [1.82, 2.24) is 9.88 Å². The molecule has 1 fully saturated rings. The van der Waals surface area contributed by atoms with Crippen molar-refractivity contribution in [2.75, 3.05) is 19.6 Å². The van der Waals surface area contributed by atoms with Crippen LogP contribution in [0.4, 0.5) is 0 Å². The van der Waals surface area contributed by atoms with Gasteiger partial charge in [0, 0.05) is 23.6 Å². The van der Waals surface area contributed by atoms with E-state index in [0.717, 1.165) is 0 Å². The van der Waals surface area contributed by atoms with Gasteiger partial charge in [0.25, 0.3) is 0 Å². The molecule has 0 radical (unpaired) electrons. The van der Waals surface area contributed by atoms with Crippen LogP contribution >= 0.6 is 12.4 Å². The van der Waals surface area contributed by atoms with Crippen molar-refractivity contribution in [3.63, 3.8) is 0 Å². The molecule has 0 aliphatic carbocycles. The molecule has 126 valence electrons. The van der Waals surface area contributed by atoms with Crippen molar-refractivity contribution < 1.29 is 0 Å². The zero-order chi connectivity index (χ0) is 15.5. The number of benzene rings is 2. The van der Waals surface area contributed by atoms with E-state index in [0.29, 0.717) is 5.92 Å². The van der Waals surface area contributed by atoms with Gasteiger partial charge in [0.05, 0.1) is 0 Å². The predicted molar refractivity (Wildman–Crippen MR) is 104 cm³/mol. The first-order chi connectivity index (χ1) is 11.4. The zero-order valence-electron chi connectivity index (χ0n) is 13.9. The maximum Gasteiger partial charge on any atom is 0.0456 e. The summed E-state index contributed by atoms with van der Waals surface area (Å²) in [5.74, 6) is 0.708. The molecule has 1 aromatic heterocycles. The SMILES string of the molecule is Cl.c1ccc(CCN2CCC(c3c[nH]c4ccccc34)CC2)cc1. The van der Waals surface area contributed by atoms with E-state index < -0.39 is 0 Å². The molecule has 3 aromatic rings. The standard InChI is InChI=1S/C21H24N2.ClH/c1-2-6-17(7-3-1)10-13-23-14-11-18(12-15-23)20-16-22-21-9-5-4-8-19(20)21;/h1-9,16,18,22H,10-15H2;1H. The van der Waals surface area contributed by atoms with Gasteiger partial charge >= 0.3 is 0 Å². The van der Waals surface area contributed by atoms with Crippen LogP contribution in [0.2, 0.25) is 0 Å². The Morgan fingerprint density at radius 2 is 1.62 bits per heavy atom. The first-order valence-electron chi connectivity index (χ1n) is 8.72. The van der Waals surface area contributed by atoms with Crippen LogP contribution in [0, 0.1) is 0 Å². The minimum atomic E-state index is 0. The van der Waals surface area contributed by atoms with Gasteiger partial charge in [0.15, 0.2) is 0 Å². The Balaban J connectivity index is 0.00000169. The molecule has 2 heterocycles. The molecular weight excluding hydrogens is 316 g/mol. The molecule has 0 saturated carbocycles. The van der Waals surface area contributed by atoms with E-state index in [9.17, 15) is 0 Å². The van der Waals surface area contributed by atoms with E-state index in [2.05, 4.69) is 70.7 Å². The molecule has 0 bridgehead atoms. The first-order valence-corrected chi connectivity index (χ1v) is 8.72. The van der Waals surface area contributed by atoms with Crippen molar-refractivity contribution in [3.8, 4) is 0 Å². The Morgan fingerprint density at radius 1 is 0.917 bits per heavy atom. The minimum Gasteiger partial charge on any atom is -0.361 e. The summed E-state index contributed by atoms with van der Waals surface area (Å²) in [6, 6.07) is 19.5. The molecule has 1 saturated heterocycles. The fourth-order valence-electron chi connectivity index (χ4n) is 3.83. The van der Waals surface area contributed by atoms with Gasteiger partial charge in [-0.15, -0.1) is 12.4 Å². The Kier molecular flexibility index (Phi) is 5.60. The molecule has 2 nitrogen and oxygen atoms in total. The topological polar surface area (TPSA) is 19.0 Å². The summed E-state index contributed by atoms with van der Waals surface area (Å²) < 4.78 is 0. The van der Waals surface area contributed by atoms with Gasteiger partial charge in [0.2, 0.25) is 0 Å². The second-order valence-corrected chi connectivity index (χ2v) is 6.64. The Morgan fingerprint density at radius 3 is 2.42 bits per heavy atom. The monoisotopic (exact) mass is 340 g/mol. The molecule has 3 heteroatoms. The number of aromatic amines is 1. The zero-order valence-corrected chi connectivity index (χ0v) is 14.8. The second-order valence-electron chi connectivity index (χ2n) is 6.64. The molecule has 2 aromatic carbocycles. The summed E-state index contributed by atoms with van der Waals surface area (Å²) in [5, 5.41) is 1.41. The second kappa shape index (κ2) is 7.87. The van der Waals surface area contributed by atoms with Crippen LogP contribution in [0.15, 0.2) is 60.8 Å². The highest BCUT2D eigenvalue weighted by atomic mass is 35.5. The number of hydrogen-bond acceptors (Lipinski definition) is 1. The number of H-pyrrole nitrogens is 1. The van der Waals surface area contributed by atoms with Gasteiger partial charge < -0.3 is 9.88 Å². The average molecular weight is 341 g/mol. The van der Waals surface area contributed by atoms with Crippen molar-refractivity contribution in [2.24, 2.45) is 0 Å². The lowest BCUT2D eigenvalue weighted by Gasteiger charge is -2.32. The molecule has 1 aliphatic rings. The van der Waals surface area contributed by atoms with Gasteiger partial charge in [0.1, 0.15) is 0 Å². The number of para-hydroxylation sites is 1. The van der Waals surface area contributed by atoms with E-state index in [-0.39, 0.29) is 12.4 Å². The molecule has 0 spiro atoms. The smallest absolute Gasteiger partial charge is 0.0456 e. The van der Waals surface area contributed by atoms with Crippen LogP contribution in [0.1, 0.15) is 29.9 Å². The number of piperidine rings is 1. The van der Waals surface area contributed by atoms with Gasteiger partial charge in [-0.05, 0) is 55.5 Å². The number of rotatable bonds is 4. The summed E-state index contributed by atoms with van der Waals surface area (Å²) in [4.78, 5) is 6.05. The van der Waals surface area contributed by atoms with E-state index in [1.807, 2.05) is 0 Å². The van der Waals surface area contributed by atoms with Crippen molar-refractivity contribution in [3.05, 3.63) is 71.9 Å². The molecule has 0 unspecified atom stereocenters. The third-order valence-corrected chi connectivity index (χ3v) is 5.21. The number of hydrogen-bond donors (Lipinski definition) is 1. The Labute approximate surface area is 150 Å². The largest absolute Gasteiger partial charge is 0.361 e. The number of fused-ring (bicyclic) bond motifs is 1.